The Morgan fingerprint density at radius 1 is 1.44 bits per heavy atom. The summed E-state index contributed by atoms with van der Waals surface area (Å²) in [6.45, 7) is 0. The van der Waals surface area contributed by atoms with Gasteiger partial charge in [0.15, 0.2) is 0 Å². The summed E-state index contributed by atoms with van der Waals surface area (Å²) in [5.41, 5.74) is 2.79. The van der Waals surface area contributed by atoms with Gasteiger partial charge in [0.05, 0.1) is 6.20 Å². The summed E-state index contributed by atoms with van der Waals surface area (Å²) in [7, 11) is 0. The normalized spacial score (nSPS) is 17.3. The molecule has 0 saturated heterocycles. The number of aromatic amines is 1. The molecule has 2 nitrogen and oxygen atoms in total. The van der Waals surface area contributed by atoms with Crippen LogP contribution in [0.4, 0.5) is 0 Å². The number of hydrogen-bond donors (Lipinski definition) is 1. The summed E-state index contributed by atoms with van der Waals surface area (Å²) in [6, 6.07) is 0. The van der Waals surface area contributed by atoms with Crippen LogP contribution in [0.5, 0.6) is 0 Å². The van der Waals surface area contributed by atoms with Crippen molar-refractivity contribution in [1.82, 2.24) is 10.2 Å². The summed E-state index contributed by atoms with van der Waals surface area (Å²) in [4.78, 5) is 0. The minimum atomic E-state index is 0. The molecule has 9 heavy (non-hydrogen) atoms. The van der Waals surface area contributed by atoms with Gasteiger partial charge in [0.1, 0.15) is 0 Å². The van der Waals surface area contributed by atoms with E-state index in [0.717, 1.165) is 0 Å². The Labute approximate surface area is 55.8 Å². The molecular weight excluding hydrogens is 112 g/mol. The highest BCUT2D eigenvalue weighted by molar-refractivity contribution is 5.18. The first-order valence-electron chi connectivity index (χ1n) is 3.48. The van der Waals surface area contributed by atoms with Crippen molar-refractivity contribution < 1.29 is 1.43 Å². The number of hydrogen-bond acceptors (Lipinski definition) is 1. The number of nitrogens with zero attached hydrogens (tertiary/aromatic N) is 1. The molecule has 50 valence electrons. The Balaban J connectivity index is 0.000000500. The first-order valence-corrected chi connectivity index (χ1v) is 3.48. The maximum Gasteiger partial charge on any atom is 0.0522 e. The van der Waals surface area contributed by atoms with Crippen LogP contribution in [0, 0.1) is 0 Å². The van der Waals surface area contributed by atoms with Crippen LogP contribution < -0.4 is 0 Å². The molecule has 0 unspecified atom stereocenters. The number of aromatic nitrogens is 2. The van der Waals surface area contributed by atoms with E-state index >= 15 is 0 Å². The van der Waals surface area contributed by atoms with Gasteiger partial charge in [-0.3, -0.25) is 5.10 Å². The van der Waals surface area contributed by atoms with Crippen molar-refractivity contribution in [2.75, 3.05) is 0 Å². The Morgan fingerprint density at radius 2 is 2.33 bits per heavy atom. The number of rotatable bonds is 0. The van der Waals surface area contributed by atoms with E-state index < -0.39 is 0 Å². The average Bonchev–Trinajstić information content (AvgIpc) is 2.33. The van der Waals surface area contributed by atoms with Crippen molar-refractivity contribution in [1.29, 1.82) is 0 Å². The number of H-pyrrole nitrogens is 1. The fourth-order valence-electron chi connectivity index (χ4n) is 1.39. The van der Waals surface area contributed by atoms with Gasteiger partial charge in [-0.1, -0.05) is 0 Å². The molecular formula is C7H12N2. The van der Waals surface area contributed by atoms with E-state index in [-0.39, 0.29) is 1.43 Å². The average molecular weight is 124 g/mol. The van der Waals surface area contributed by atoms with Crippen LogP contribution >= 0.6 is 0 Å². The summed E-state index contributed by atoms with van der Waals surface area (Å²) in [6.07, 6.45) is 7.05. The van der Waals surface area contributed by atoms with Crippen molar-refractivity contribution in [2.24, 2.45) is 0 Å². The smallest absolute Gasteiger partial charge is 0.0522 e. The van der Waals surface area contributed by atoms with Crippen molar-refractivity contribution in [3.05, 3.63) is 17.5 Å². The minimum absolute atomic E-state index is 0. The molecule has 1 aliphatic carbocycles. The second-order valence-corrected chi connectivity index (χ2v) is 2.58. The topological polar surface area (TPSA) is 28.7 Å². The maximum absolute atomic E-state index is 3.98. The van der Waals surface area contributed by atoms with E-state index in [0.29, 0.717) is 0 Å². The molecule has 1 N–H and O–H groups in total. The Kier molecular flexibility index (Phi) is 1.04. The molecule has 0 amide bonds. The molecule has 0 aliphatic heterocycles. The summed E-state index contributed by atoms with van der Waals surface area (Å²) in [5, 5.41) is 6.99. The lowest BCUT2D eigenvalue weighted by atomic mass is 9.99. The van der Waals surface area contributed by atoms with Crippen LogP contribution in [0.25, 0.3) is 0 Å². The van der Waals surface area contributed by atoms with Gasteiger partial charge in [0.2, 0.25) is 0 Å². The lowest BCUT2D eigenvalue weighted by Gasteiger charge is -2.07. The molecule has 0 spiro atoms. The molecule has 1 aromatic heterocycles. The van der Waals surface area contributed by atoms with Crippen LogP contribution in [0.15, 0.2) is 6.20 Å². The van der Waals surface area contributed by atoms with E-state index in [1.54, 1.807) is 0 Å². The minimum Gasteiger partial charge on any atom is -0.282 e. The number of aryl methyl sites for hydroxylation is 2. The van der Waals surface area contributed by atoms with E-state index in [2.05, 4.69) is 10.2 Å². The quantitative estimate of drug-likeness (QED) is 0.558. The highest BCUT2D eigenvalue weighted by Gasteiger charge is 2.08. The maximum atomic E-state index is 3.98. The number of fused-ring (bicyclic) bond motifs is 1. The van der Waals surface area contributed by atoms with Crippen LogP contribution in [0.3, 0.4) is 0 Å². The van der Waals surface area contributed by atoms with Gasteiger partial charge in [-0.15, -0.1) is 0 Å². The van der Waals surface area contributed by atoms with Gasteiger partial charge in [0.25, 0.3) is 0 Å². The van der Waals surface area contributed by atoms with E-state index in [1.165, 1.54) is 36.9 Å². The van der Waals surface area contributed by atoms with Crippen LogP contribution in [-0.4, -0.2) is 10.2 Å². The molecule has 0 radical (unpaired) electrons. The van der Waals surface area contributed by atoms with Gasteiger partial charge in [0, 0.05) is 7.12 Å². The first kappa shape index (κ1) is 5.03. The first-order chi connectivity index (χ1) is 4.47. The Hall–Kier alpha value is -0.790. The fourth-order valence-corrected chi connectivity index (χ4v) is 1.39. The van der Waals surface area contributed by atoms with Gasteiger partial charge in [-0.2, -0.15) is 5.10 Å². The molecule has 0 bridgehead atoms. The molecule has 0 fully saturated rings. The predicted molar refractivity (Wildman–Crippen MR) is 37.3 cm³/mol. The van der Waals surface area contributed by atoms with Crippen LogP contribution in [-0.2, 0) is 12.8 Å². The molecule has 0 atom stereocenters. The van der Waals surface area contributed by atoms with Gasteiger partial charge in [-0.25, -0.2) is 0 Å². The van der Waals surface area contributed by atoms with E-state index in [4.69, 9.17) is 0 Å². The Bertz CT molecular complexity index is 187. The van der Waals surface area contributed by atoms with Gasteiger partial charge >= 0.3 is 0 Å². The van der Waals surface area contributed by atoms with Crippen LogP contribution in [0.1, 0.15) is 25.5 Å². The predicted octanol–water partition coefficient (Wildman–Crippen LogP) is 1.53. The highest BCUT2D eigenvalue weighted by atomic mass is 15.1. The standard InChI is InChI=1S/C7H10N2.H2/c1-2-4-7-6(3-1)5-8-9-7;/h5H,1-4H2,(H,8,9);1H. The molecule has 1 heterocycles. The summed E-state index contributed by atoms with van der Waals surface area (Å²) in [5.74, 6) is 0. The molecule has 1 aliphatic rings. The van der Waals surface area contributed by atoms with Crippen molar-refractivity contribution in [3.63, 3.8) is 0 Å². The molecule has 1 aromatic rings. The van der Waals surface area contributed by atoms with Crippen molar-refractivity contribution in [2.45, 2.75) is 25.7 Å². The third-order valence-electron chi connectivity index (χ3n) is 1.93. The second kappa shape index (κ2) is 1.87. The second-order valence-electron chi connectivity index (χ2n) is 2.58. The van der Waals surface area contributed by atoms with Crippen molar-refractivity contribution >= 4 is 0 Å². The zero-order valence-electron chi connectivity index (χ0n) is 5.35. The lowest BCUT2D eigenvalue weighted by molar-refractivity contribution is 0.675. The summed E-state index contributed by atoms with van der Waals surface area (Å²) >= 11 is 0. The molecule has 2 heteroatoms. The monoisotopic (exact) mass is 124 g/mol. The third-order valence-corrected chi connectivity index (χ3v) is 1.93. The highest BCUT2D eigenvalue weighted by Crippen LogP contribution is 2.17. The lowest BCUT2D eigenvalue weighted by Crippen LogP contribution is -1.99. The Morgan fingerprint density at radius 3 is 3.22 bits per heavy atom. The molecule has 0 aromatic carbocycles. The van der Waals surface area contributed by atoms with E-state index in [1.807, 2.05) is 6.20 Å². The van der Waals surface area contributed by atoms with E-state index in [9.17, 15) is 0 Å². The largest absolute Gasteiger partial charge is 0.282 e. The number of nitrogens with one attached hydrogen (secondary N) is 1. The summed E-state index contributed by atoms with van der Waals surface area (Å²) < 4.78 is 0. The van der Waals surface area contributed by atoms with Gasteiger partial charge in [-0.05, 0) is 31.2 Å². The zero-order chi connectivity index (χ0) is 6.10. The fraction of sp³-hybridized carbons (Fsp3) is 0.571. The third kappa shape index (κ3) is 0.745. The SMILES string of the molecule is [HH].c1n[nH]c2c1CCCC2. The molecule has 0 saturated carbocycles. The molecule has 2 rings (SSSR count). The zero-order valence-corrected chi connectivity index (χ0v) is 5.35. The van der Waals surface area contributed by atoms with Gasteiger partial charge < -0.3 is 0 Å². The van der Waals surface area contributed by atoms with Crippen molar-refractivity contribution in [3.8, 4) is 0 Å². The van der Waals surface area contributed by atoms with Crippen LogP contribution in [0.2, 0.25) is 0 Å².